The van der Waals surface area contributed by atoms with E-state index >= 15 is 0 Å². The van der Waals surface area contributed by atoms with E-state index in [4.69, 9.17) is 4.74 Å². The highest BCUT2D eigenvalue weighted by atomic mass is 16.5. The number of Topliss-reactive ketones (excluding diaryl/α,β-unsaturated/α-hetero) is 1. The molecule has 0 aromatic heterocycles. The van der Waals surface area contributed by atoms with Gasteiger partial charge in [-0.2, -0.15) is 0 Å². The highest BCUT2D eigenvalue weighted by Crippen LogP contribution is 2.58. The van der Waals surface area contributed by atoms with Crippen LogP contribution in [0.2, 0.25) is 0 Å². The van der Waals surface area contributed by atoms with Crippen molar-refractivity contribution in [1.29, 1.82) is 0 Å². The fourth-order valence-electron chi connectivity index (χ4n) is 6.65. The summed E-state index contributed by atoms with van der Waals surface area (Å²) < 4.78 is 5.88. The molecule has 36 heavy (non-hydrogen) atoms. The summed E-state index contributed by atoms with van der Waals surface area (Å²) in [6, 6.07) is 9.71. The van der Waals surface area contributed by atoms with Gasteiger partial charge in [-0.05, 0) is 36.0 Å². The number of carbonyl (C=O) groups excluding carboxylic acids is 3. The zero-order valence-electron chi connectivity index (χ0n) is 21.5. The van der Waals surface area contributed by atoms with Crippen molar-refractivity contribution < 1.29 is 24.2 Å². The SMILES string of the molecule is C=C1[C@@H](C)[C@H]2[C@H](Cc3ccccc3)NC(=O)[C@]23[C@H](OC(C)=O)/C=C\[C@H](C)C(=O)[C@@H](C)C/C=C\[C@H]3[C@@H]1O. The highest BCUT2D eigenvalue weighted by molar-refractivity contribution is 5.89. The molecule has 3 aliphatic rings. The Labute approximate surface area is 213 Å². The van der Waals surface area contributed by atoms with Crippen molar-refractivity contribution in [2.45, 2.75) is 58.8 Å². The summed E-state index contributed by atoms with van der Waals surface area (Å²) in [5.41, 5.74) is 0.493. The van der Waals surface area contributed by atoms with Crippen LogP contribution in [-0.2, 0) is 25.5 Å². The summed E-state index contributed by atoms with van der Waals surface area (Å²) in [5.74, 6) is -2.49. The lowest BCUT2D eigenvalue weighted by atomic mass is 9.51. The molecule has 6 nitrogen and oxygen atoms in total. The lowest BCUT2D eigenvalue weighted by molar-refractivity contribution is -0.166. The fourth-order valence-corrected chi connectivity index (χ4v) is 6.65. The van der Waals surface area contributed by atoms with Gasteiger partial charge >= 0.3 is 5.97 Å². The molecule has 0 unspecified atom stereocenters. The number of ether oxygens (including phenoxy) is 1. The fraction of sp³-hybridized carbons (Fsp3) is 0.500. The first-order chi connectivity index (χ1) is 17.1. The van der Waals surface area contributed by atoms with Crippen LogP contribution in [0.15, 0.2) is 66.8 Å². The predicted molar refractivity (Wildman–Crippen MR) is 138 cm³/mol. The van der Waals surface area contributed by atoms with Gasteiger partial charge in [-0.1, -0.05) is 75.9 Å². The lowest BCUT2D eigenvalue weighted by Crippen LogP contribution is -2.60. The summed E-state index contributed by atoms with van der Waals surface area (Å²) in [6.45, 7) is 11.2. The molecule has 4 rings (SSSR count). The second kappa shape index (κ2) is 10.2. The smallest absolute Gasteiger partial charge is 0.303 e. The Morgan fingerprint density at radius 1 is 1.14 bits per heavy atom. The number of benzene rings is 1. The summed E-state index contributed by atoms with van der Waals surface area (Å²) in [7, 11) is 0. The Morgan fingerprint density at radius 3 is 2.50 bits per heavy atom. The topological polar surface area (TPSA) is 92.7 Å². The normalized spacial score (nSPS) is 40.3. The molecule has 2 fully saturated rings. The molecule has 1 aromatic rings. The van der Waals surface area contributed by atoms with Crippen molar-refractivity contribution in [2.24, 2.45) is 35.0 Å². The average molecular weight is 492 g/mol. The first kappa shape index (κ1) is 26.1. The predicted octanol–water partition coefficient (Wildman–Crippen LogP) is 3.80. The molecule has 1 heterocycles. The first-order valence-corrected chi connectivity index (χ1v) is 12.9. The number of aliphatic hydroxyl groups is 1. The van der Waals surface area contributed by atoms with Gasteiger partial charge in [0.05, 0.1) is 6.10 Å². The molecule has 1 aliphatic heterocycles. The first-order valence-electron chi connectivity index (χ1n) is 12.9. The van der Waals surface area contributed by atoms with Gasteiger partial charge in [-0.3, -0.25) is 14.4 Å². The van der Waals surface area contributed by atoms with E-state index in [0.717, 1.165) is 5.56 Å². The molecule has 192 valence electrons. The molecule has 2 aliphatic carbocycles. The monoisotopic (exact) mass is 491 g/mol. The van der Waals surface area contributed by atoms with Crippen molar-refractivity contribution in [1.82, 2.24) is 5.32 Å². The standard InChI is InChI=1S/C30H37NO5/c1-17-10-9-13-23-28(34)20(4)19(3)26-24(16-22-11-7-6-8-12-22)31-29(35)30(23,26)25(36-21(5)32)15-14-18(2)27(17)33/h6-9,11-15,17-19,23-26,28,34H,4,10,16H2,1-3,5H3,(H,31,35)/b13-9-,15-14-/t17-,18-,19+,23-,24-,25+,26-,28+,30+/m0/s1. The number of amides is 1. The number of aliphatic hydroxyl groups excluding tert-OH is 1. The number of ketones is 1. The van der Waals surface area contributed by atoms with Crippen LogP contribution in [-0.4, -0.2) is 41.0 Å². The minimum absolute atomic E-state index is 0.0764. The van der Waals surface area contributed by atoms with Crippen LogP contribution in [0.5, 0.6) is 0 Å². The van der Waals surface area contributed by atoms with Crippen molar-refractivity contribution in [3.8, 4) is 0 Å². The van der Waals surface area contributed by atoms with Crippen LogP contribution in [0, 0.1) is 35.0 Å². The zero-order valence-corrected chi connectivity index (χ0v) is 21.5. The van der Waals surface area contributed by atoms with Crippen molar-refractivity contribution in [2.75, 3.05) is 0 Å². The Kier molecular flexibility index (Phi) is 7.37. The zero-order chi connectivity index (χ0) is 26.2. The number of hydrogen-bond acceptors (Lipinski definition) is 5. The van der Waals surface area contributed by atoms with Gasteiger partial charge in [0.1, 0.15) is 17.3 Å². The van der Waals surface area contributed by atoms with E-state index in [1.807, 2.05) is 63.3 Å². The third kappa shape index (κ3) is 4.36. The van der Waals surface area contributed by atoms with E-state index in [9.17, 15) is 19.5 Å². The van der Waals surface area contributed by atoms with E-state index in [1.165, 1.54) is 6.92 Å². The summed E-state index contributed by atoms with van der Waals surface area (Å²) in [6.07, 6.45) is 6.34. The van der Waals surface area contributed by atoms with E-state index < -0.39 is 35.4 Å². The van der Waals surface area contributed by atoms with Crippen LogP contribution in [0.1, 0.15) is 39.7 Å². The Balaban J connectivity index is 1.92. The van der Waals surface area contributed by atoms with Gasteiger partial charge < -0.3 is 15.2 Å². The summed E-state index contributed by atoms with van der Waals surface area (Å²) >= 11 is 0. The highest BCUT2D eigenvalue weighted by Gasteiger charge is 2.68. The number of carbonyl (C=O) groups is 3. The number of allylic oxidation sites excluding steroid dienone is 2. The van der Waals surface area contributed by atoms with Gasteiger partial charge in [-0.25, -0.2) is 0 Å². The van der Waals surface area contributed by atoms with Gasteiger partial charge in [0, 0.05) is 36.6 Å². The Morgan fingerprint density at radius 2 is 1.83 bits per heavy atom. The maximum atomic E-state index is 14.1. The maximum absolute atomic E-state index is 14.1. The molecular formula is C30H37NO5. The van der Waals surface area contributed by atoms with Crippen LogP contribution >= 0.6 is 0 Å². The Bertz CT molecular complexity index is 1090. The van der Waals surface area contributed by atoms with Gasteiger partial charge in [0.15, 0.2) is 0 Å². The molecule has 1 aromatic carbocycles. The molecule has 1 saturated heterocycles. The molecule has 6 heteroatoms. The third-order valence-electron chi connectivity index (χ3n) is 8.49. The third-order valence-corrected chi connectivity index (χ3v) is 8.49. The second-order valence-corrected chi connectivity index (χ2v) is 10.7. The molecule has 2 N–H and O–H groups in total. The number of esters is 1. The van der Waals surface area contributed by atoms with Crippen molar-refractivity contribution >= 4 is 17.7 Å². The van der Waals surface area contributed by atoms with Gasteiger partial charge in [-0.15, -0.1) is 0 Å². The van der Waals surface area contributed by atoms with Crippen LogP contribution in [0.25, 0.3) is 0 Å². The van der Waals surface area contributed by atoms with E-state index in [1.54, 1.807) is 12.2 Å². The van der Waals surface area contributed by atoms with E-state index in [0.29, 0.717) is 18.4 Å². The molecular weight excluding hydrogens is 454 g/mol. The lowest BCUT2D eigenvalue weighted by Gasteiger charge is -2.52. The maximum Gasteiger partial charge on any atom is 0.303 e. The largest absolute Gasteiger partial charge is 0.457 e. The van der Waals surface area contributed by atoms with E-state index in [2.05, 4.69) is 11.9 Å². The summed E-state index contributed by atoms with van der Waals surface area (Å²) in [4.78, 5) is 39.4. The average Bonchev–Trinajstić information content (AvgIpc) is 3.13. The second-order valence-electron chi connectivity index (χ2n) is 10.7. The quantitative estimate of drug-likeness (QED) is 0.496. The number of rotatable bonds is 3. The van der Waals surface area contributed by atoms with Crippen molar-refractivity contribution in [3.63, 3.8) is 0 Å². The van der Waals surface area contributed by atoms with Gasteiger partial charge in [0.2, 0.25) is 5.91 Å². The molecule has 1 spiro atoms. The molecule has 0 radical (unpaired) electrons. The van der Waals surface area contributed by atoms with E-state index in [-0.39, 0.29) is 35.5 Å². The van der Waals surface area contributed by atoms with Crippen LogP contribution < -0.4 is 5.32 Å². The van der Waals surface area contributed by atoms with Crippen molar-refractivity contribution in [3.05, 3.63) is 72.4 Å². The minimum Gasteiger partial charge on any atom is -0.457 e. The van der Waals surface area contributed by atoms with Crippen LogP contribution in [0.4, 0.5) is 0 Å². The molecule has 9 atom stereocenters. The molecule has 0 bridgehead atoms. The minimum atomic E-state index is -1.26. The molecule has 1 saturated carbocycles. The number of nitrogens with one attached hydrogen (secondary N) is 1. The van der Waals surface area contributed by atoms with Gasteiger partial charge in [0.25, 0.3) is 0 Å². The molecule has 1 amide bonds. The Hall–Kier alpha value is -2.99. The van der Waals surface area contributed by atoms with Crippen LogP contribution in [0.3, 0.4) is 0 Å². The number of hydrogen-bond donors (Lipinski definition) is 2. The summed E-state index contributed by atoms with van der Waals surface area (Å²) in [5, 5.41) is 14.7.